The fraction of sp³-hybridized carbons (Fsp3) is 0.560. The zero-order chi connectivity index (χ0) is 22.4. The number of Topliss-reactive ketones (excluding diaryl/α,β-unsaturated/α-hetero) is 1. The number of unbranched alkanes of at least 4 members (excludes halogenated alkanes) is 1. The van der Waals surface area contributed by atoms with Gasteiger partial charge in [-0.1, -0.05) is 32.6 Å². The molecule has 1 saturated heterocycles. The van der Waals surface area contributed by atoms with Gasteiger partial charge < -0.3 is 15.1 Å². The van der Waals surface area contributed by atoms with E-state index >= 15 is 0 Å². The number of allylic oxidation sites excluding steroid dienone is 1. The molecule has 1 unspecified atom stereocenters. The number of nitrogens with one attached hydrogen (secondary N) is 1. The predicted molar refractivity (Wildman–Crippen MR) is 122 cm³/mol. The molecular weight excluding hydrogens is 390 g/mol. The zero-order valence-corrected chi connectivity index (χ0v) is 18.9. The van der Waals surface area contributed by atoms with E-state index in [9.17, 15) is 14.4 Å². The molecule has 1 aromatic rings. The Balaban J connectivity index is 1.48. The minimum atomic E-state index is -0.438. The number of rotatable bonds is 11. The third-order valence-corrected chi connectivity index (χ3v) is 6.47. The molecule has 2 aliphatic rings. The summed E-state index contributed by atoms with van der Waals surface area (Å²) >= 11 is 0. The Kier molecular flexibility index (Phi) is 8.02. The number of benzene rings is 1. The quantitative estimate of drug-likeness (QED) is 0.552. The van der Waals surface area contributed by atoms with Crippen molar-refractivity contribution >= 4 is 17.6 Å². The Hall–Kier alpha value is -2.47. The van der Waals surface area contributed by atoms with Gasteiger partial charge in [-0.15, -0.1) is 0 Å². The molecule has 6 heteroatoms. The van der Waals surface area contributed by atoms with E-state index in [0.29, 0.717) is 55.7 Å². The average molecular weight is 426 g/mol. The lowest BCUT2D eigenvalue weighted by Gasteiger charge is -2.30. The predicted octanol–water partition coefficient (Wildman–Crippen LogP) is 3.45. The van der Waals surface area contributed by atoms with Crippen LogP contribution in [0.1, 0.15) is 73.9 Å². The van der Waals surface area contributed by atoms with Gasteiger partial charge in [0, 0.05) is 30.6 Å². The normalized spacial score (nSPS) is 18.5. The molecule has 2 aliphatic heterocycles. The van der Waals surface area contributed by atoms with E-state index < -0.39 is 6.04 Å². The molecular formula is C25H35N3O3. The molecule has 1 N–H and O–H groups in total. The Morgan fingerprint density at radius 3 is 2.68 bits per heavy atom. The van der Waals surface area contributed by atoms with Crippen LogP contribution in [0.4, 0.5) is 0 Å². The van der Waals surface area contributed by atoms with Crippen LogP contribution in [-0.4, -0.2) is 53.1 Å². The molecule has 2 amide bonds. The highest BCUT2D eigenvalue weighted by atomic mass is 16.2. The minimum absolute atomic E-state index is 0.0847. The lowest BCUT2D eigenvalue weighted by atomic mass is 10.0. The first-order valence-corrected chi connectivity index (χ1v) is 11.6. The Morgan fingerprint density at radius 1 is 1.19 bits per heavy atom. The monoisotopic (exact) mass is 425 g/mol. The standard InChI is InChI=1S/C25H35N3O3/c1-4-27(5-2)15-7-6-8-21(29)12-10-19-11-13-22-20(16-19)17-28(25(22)31)23-14-9-18(3)26-24(23)30/h11,13,16,23H,3-10,12,14-15,17H2,1-2H3,(H,26,30). The molecule has 1 atom stereocenters. The van der Waals surface area contributed by atoms with Crippen LogP contribution in [0.25, 0.3) is 0 Å². The van der Waals surface area contributed by atoms with E-state index in [2.05, 4.69) is 30.6 Å². The first kappa shape index (κ1) is 23.2. The highest BCUT2D eigenvalue weighted by Crippen LogP contribution is 2.29. The van der Waals surface area contributed by atoms with Gasteiger partial charge in [-0.05, 0) is 68.9 Å². The summed E-state index contributed by atoms with van der Waals surface area (Å²) in [6.07, 6.45) is 5.18. The van der Waals surface area contributed by atoms with E-state index in [1.807, 2.05) is 18.2 Å². The van der Waals surface area contributed by atoms with Crippen LogP contribution in [0.2, 0.25) is 0 Å². The second-order valence-corrected chi connectivity index (χ2v) is 8.59. The molecule has 0 aromatic heterocycles. The Bertz CT molecular complexity index is 844. The number of piperidine rings is 1. The van der Waals surface area contributed by atoms with Crippen LogP contribution in [0.3, 0.4) is 0 Å². The van der Waals surface area contributed by atoms with Gasteiger partial charge in [0.1, 0.15) is 11.8 Å². The first-order valence-electron chi connectivity index (χ1n) is 11.6. The van der Waals surface area contributed by atoms with Crippen molar-refractivity contribution in [2.75, 3.05) is 19.6 Å². The second kappa shape index (κ2) is 10.7. The number of aryl methyl sites for hydroxylation is 1. The molecule has 1 aromatic carbocycles. The molecule has 0 spiro atoms. The number of carbonyl (C=O) groups excluding carboxylic acids is 3. The van der Waals surface area contributed by atoms with Crippen molar-refractivity contribution in [3.05, 3.63) is 47.2 Å². The third kappa shape index (κ3) is 5.82. The van der Waals surface area contributed by atoms with Gasteiger partial charge in [0.25, 0.3) is 5.91 Å². The molecule has 168 valence electrons. The zero-order valence-electron chi connectivity index (χ0n) is 18.9. The Morgan fingerprint density at radius 2 is 1.97 bits per heavy atom. The fourth-order valence-corrected chi connectivity index (χ4v) is 4.47. The number of hydrogen-bond donors (Lipinski definition) is 1. The second-order valence-electron chi connectivity index (χ2n) is 8.59. The van der Waals surface area contributed by atoms with Gasteiger partial charge in [0.2, 0.25) is 5.91 Å². The molecule has 2 heterocycles. The van der Waals surface area contributed by atoms with E-state index in [-0.39, 0.29) is 11.8 Å². The van der Waals surface area contributed by atoms with Gasteiger partial charge in [-0.25, -0.2) is 0 Å². The summed E-state index contributed by atoms with van der Waals surface area (Å²) in [6, 6.07) is 5.38. The SMILES string of the molecule is C=C1CCC(N2Cc3cc(CCC(=O)CCCCN(CC)CC)ccc3C2=O)C(=O)N1. The van der Waals surface area contributed by atoms with E-state index in [4.69, 9.17) is 0 Å². The number of nitrogens with zero attached hydrogens (tertiary/aromatic N) is 2. The van der Waals surface area contributed by atoms with Crippen molar-refractivity contribution in [1.82, 2.24) is 15.1 Å². The van der Waals surface area contributed by atoms with Crippen LogP contribution in [-0.2, 0) is 22.6 Å². The van der Waals surface area contributed by atoms with Gasteiger partial charge >= 0.3 is 0 Å². The molecule has 6 nitrogen and oxygen atoms in total. The number of amides is 2. The molecule has 0 aliphatic carbocycles. The summed E-state index contributed by atoms with van der Waals surface area (Å²) in [7, 11) is 0. The summed E-state index contributed by atoms with van der Waals surface area (Å²) < 4.78 is 0. The summed E-state index contributed by atoms with van der Waals surface area (Å²) in [5.41, 5.74) is 3.41. The highest BCUT2D eigenvalue weighted by molar-refractivity contribution is 6.01. The smallest absolute Gasteiger partial charge is 0.255 e. The largest absolute Gasteiger partial charge is 0.329 e. The lowest BCUT2D eigenvalue weighted by molar-refractivity contribution is -0.126. The van der Waals surface area contributed by atoms with Crippen LogP contribution in [0, 0.1) is 0 Å². The van der Waals surface area contributed by atoms with Crippen LogP contribution < -0.4 is 5.32 Å². The number of hydrogen-bond acceptors (Lipinski definition) is 4. The topological polar surface area (TPSA) is 69.7 Å². The lowest BCUT2D eigenvalue weighted by Crippen LogP contribution is -2.49. The molecule has 0 bridgehead atoms. The van der Waals surface area contributed by atoms with Crippen molar-refractivity contribution in [3.63, 3.8) is 0 Å². The third-order valence-electron chi connectivity index (χ3n) is 6.47. The minimum Gasteiger partial charge on any atom is -0.329 e. The summed E-state index contributed by atoms with van der Waals surface area (Å²) in [5.74, 6) is 0.0690. The van der Waals surface area contributed by atoms with Gasteiger partial charge in [-0.2, -0.15) is 0 Å². The van der Waals surface area contributed by atoms with Gasteiger partial charge in [0.15, 0.2) is 0 Å². The number of ketones is 1. The fourth-order valence-electron chi connectivity index (χ4n) is 4.47. The number of fused-ring (bicyclic) bond motifs is 1. The van der Waals surface area contributed by atoms with Crippen molar-refractivity contribution in [2.24, 2.45) is 0 Å². The van der Waals surface area contributed by atoms with Crippen LogP contribution in [0.5, 0.6) is 0 Å². The van der Waals surface area contributed by atoms with Crippen molar-refractivity contribution < 1.29 is 14.4 Å². The van der Waals surface area contributed by atoms with E-state index in [1.165, 1.54) is 0 Å². The summed E-state index contributed by atoms with van der Waals surface area (Å²) in [4.78, 5) is 41.4. The molecule has 3 rings (SSSR count). The molecule has 1 fully saturated rings. The Labute approximate surface area is 185 Å². The van der Waals surface area contributed by atoms with Crippen LogP contribution >= 0.6 is 0 Å². The molecule has 0 saturated carbocycles. The maximum absolute atomic E-state index is 12.8. The van der Waals surface area contributed by atoms with Crippen LogP contribution in [0.15, 0.2) is 30.5 Å². The summed E-state index contributed by atoms with van der Waals surface area (Å²) in [6.45, 7) is 11.8. The molecule has 31 heavy (non-hydrogen) atoms. The maximum Gasteiger partial charge on any atom is 0.255 e. The van der Waals surface area contributed by atoms with E-state index in [1.54, 1.807) is 4.90 Å². The average Bonchev–Trinajstić information content (AvgIpc) is 3.08. The first-order chi connectivity index (χ1) is 14.9. The van der Waals surface area contributed by atoms with Gasteiger partial charge in [0.05, 0.1) is 0 Å². The summed E-state index contributed by atoms with van der Waals surface area (Å²) in [5, 5.41) is 2.76. The van der Waals surface area contributed by atoms with Crippen molar-refractivity contribution in [2.45, 2.75) is 71.4 Å². The highest BCUT2D eigenvalue weighted by Gasteiger charge is 2.38. The van der Waals surface area contributed by atoms with Crippen molar-refractivity contribution in [1.29, 1.82) is 0 Å². The molecule has 0 radical (unpaired) electrons. The maximum atomic E-state index is 12.8. The van der Waals surface area contributed by atoms with E-state index in [0.717, 1.165) is 43.6 Å². The van der Waals surface area contributed by atoms with Crippen molar-refractivity contribution in [3.8, 4) is 0 Å². The number of carbonyl (C=O) groups is 3. The van der Waals surface area contributed by atoms with Gasteiger partial charge in [-0.3, -0.25) is 14.4 Å².